The minimum absolute atomic E-state index is 0.0641. The van der Waals surface area contributed by atoms with Crippen molar-refractivity contribution < 1.29 is 15.0 Å². The van der Waals surface area contributed by atoms with Gasteiger partial charge in [-0.05, 0) is 31.4 Å². The highest BCUT2D eigenvalue weighted by Gasteiger charge is 2.30. The molecular formula is C25H32N8O3. The Labute approximate surface area is 208 Å². The van der Waals surface area contributed by atoms with E-state index < -0.39 is 12.2 Å². The summed E-state index contributed by atoms with van der Waals surface area (Å²) in [6.07, 6.45) is 2.75. The number of carboxylic acid groups (broad SMARTS) is 1. The molecule has 0 saturated carbocycles. The van der Waals surface area contributed by atoms with Crippen molar-refractivity contribution in [3.63, 3.8) is 0 Å². The van der Waals surface area contributed by atoms with Crippen molar-refractivity contribution in [3.05, 3.63) is 53.6 Å². The first-order chi connectivity index (χ1) is 17.3. The molecule has 0 aromatic carbocycles. The molecule has 1 aliphatic rings. The highest BCUT2D eigenvalue weighted by molar-refractivity contribution is 5.65. The number of likely N-dealkylation sites (tertiary alicyclic amines) is 1. The molecule has 4 aromatic rings. The maximum atomic E-state index is 11.2. The molecule has 5 rings (SSSR count). The van der Waals surface area contributed by atoms with Crippen molar-refractivity contribution in [2.45, 2.75) is 45.8 Å². The van der Waals surface area contributed by atoms with Gasteiger partial charge in [0.2, 0.25) is 0 Å². The Balaban J connectivity index is 1.36. The van der Waals surface area contributed by atoms with Crippen molar-refractivity contribution in [2.75, 3.05) is 30.3 Å². The lowest BCUT2D eigenvalue weighted by atomic mass is 9.94. The zero-order chi connectivity index (χ0) is 25.4. The van der Waals surface area contributed by atoms with Gasteiger partial charge in [-0.25, -0.2) is 14.8 Å². The number of imidazole rings is 1. The number of nitrogens with one attached hydrogen (secondary N) is 2. The number of piperidine rings is 1. The van der Waals surface area contributed by atoms with E-state index in [1.54, 1.807) is 0 Å². The molecule has 0 spiro atoms. The molecule has 1 fully saturated rings. The fourth-order valence-corrected chi connectivity index (χ4v) is 4.70. The molecule has 36 heavy (non-hydrogen) atoms. The number of rotatable bonds is 7. The number of hydrogen-bond acceptors (Lipinski definition) is 7. The molecule has 11 nitrogen and oxygen atoms in total. The fourth-order valence-electron chi connectivity index (χ4n) is 4.70. The lowest BCUT2D eigenvalue weighted by Crippen LogP contribution is -2.47. The number of hydrogen-bond donors (Lipinski definition) is 4. The smallest absolute Gasteiger partial charge is 0.407 e. The third-order valence-corrected chi connectivity index (χ3v) is 6.85. The lowest BCUT2D eigenvalue weighted by Gasteiger charge is -2.34. The molecule has 11 heteroatoms. The van der Waals surface area contributed by atoms with E-state index in [0.29, 0.717) is 31.9 Å². The van der Waals surface area contributed by atoms with Gasteiger partial charge in [0.15, 0.2) is 5.65 Å². The Hall–Kier alpha value is -3.86. The quantitative estimate of drug-likeness (QED) is 0.309. The minimum Gasteiger partial charge on any atom is -0.465 e. The minimum atomic E-state index is -0.994. The van der Waals surface area contributed by atoms with Crippen LogP contribution in [0, 0.1) is 12.8 Å². The Morgan fingerprint density at radius 3 is 2.81 bits per heavy atom. The van der Waals surface area contributed by atoms with Gasteiger partial charge in [-0.2, -0.15) is 9.61 Å². The second-order valence-corrected chi connectivity index (χ2v) is 9.72. The van der Waals surface area contributed by atoms with Crippen LogP contribution in [0.5, 0.6) is 0 Å². The molecule has 2 atom stereocenters. The van der Waals surface area contributed by atoms with Crippen LogP contribution in [0.3, 0.4) is 0 Å². The van der Waals surface area contributed by atoms with E-state index in [0.717, 1.165) is 34.1 Å². The number of nitrogens with zero attached hydrogens (tertiary/aromatic N) is 6. The van der Waals surface area contributed by atoms with Gasteiger partial charge in [-0.1, -0.05) is 19.9 Å². The van der Waals surface area contributed by atoms with Gasteiger partial charge >= 0.3 is 6.09 Å². The highest BCUT2D eigenvalue weighted by atomic mass is 16.4. The van der Waals surface area contributed by atoms with E-state index in [1.807, 2.05) is 35.1 Å². The standard InChI is InChI=1S/C25H32N8O3/c1-15(2)19-12-28-33-23(27-11-18-13-32-16(3)5-4-6-22(32)29-18)9-21(30-24(19)33)26-10-17-7-8-31(25(35)36)14-20(17)34/h4-6,9,12-13,15,17,20,27,34H,7-8,10-11,14H2,1-3H3,(H,26,30)(H,35,36)/t17-,20+/m1/s1. The second kappa shape index (κ2) is 9.65. The largest absolute Gasteiger partial charge is 0.465 e. The molecule has 5 heterocycles. The van der Waals surface area contributed by atoms with E-state index >= 15 is 0 Å². The van der Waals surface area contributed by atoms with Crippen molar-refractivity contribution in [1.82, 2.24) is 28.9 Å². The molecule has 0 radical (unpaired) electrons. The Bertz CT molecular complexity index is 1390. The SMILES string of the molecule is Cc1cccc2nc(CNc3cc(NC[C@H]4CCN(C(=O)O)C[C@@H]4O)nc4c(C(C)C)cnn34)cn12. The molecule has 0 aliphatic carbocycles. The predicted octanol–water partition coefficient (Wildman–Crippen LogP) is 3.19. The summed E-state index contributed by atoms with van der Waals surface area (Å²) < 4.78 is 3.87. The Kier molecular flexibility index (Phi) is 6.40. The molecule has 1 saturated heterocycles. The van der Waals surface area contributed by atoms with E-state index in [1.165, 1.54) is 4.90 Å². The molecule has 4 aromatic heterocycles. The zero-order valence-corrected chi connectivity index (χ0v) is 20.7. The molecule has 1 aliphatic heterocycles. The molecule has 1 amide bonds. The number of aryl methyl sites for hydroxylation is 1. The van der Waals surface area contributed by atoms with Crippen LogP contribution in [-0.2, 0) is 6.54 Å². The van der Waals surface area contributed by atoms with E-state index in [4.69, 9.17) is 9.97 Å². The van der Waals surface area contributed by atoms with Gasteiger partial charge in [0.05, 0.1) is 31.1 Å². The molecular weight excluding hydrogens is 460 g/mol. The van der Waals surface area contributed by atoms with Crippen LogP contribution in [0.1, 0.15) is 43.1 Å². The van der Waals surface area contributed by atoms with Crippen molar-refractivity contribution in [3.8, 4) is 0 Å². The number of fused-ring (bicyclic) bond motifs is 2. The van der Waals surface area contributed by atoms with E-state index in [2.05, 4.69) is 47.0 Å². The van der Waals surface area contributed by atoms with Crippen LogP contribution in [0.15, 0.2) is 36.7 Å². The van der Waals surface area contributed by atoms with Crippen LogP contribution < -0.4 is 10.6 Å². The topological polar surface area (TPSA) is 132 Å². The average Bonchev–Trinajstić information content (AvgIpc) is 3.46. The summed E-state index contributed by atoms with van der Waals surface area (Å²) >= 11 is 0. The van der Waals surface area contributed by atoms with Gasteiger partial charge in [-0.15, -0.1) is 0 Å². The van der Waals surface area contributed by atoms with Crippen LogP contribution in [0.2, 0.25) is 0 Å². The molecule has 4 N–H and O–H groups in total. The van der Waals surface area contributed by atoms with Gasteiger partial charge in [0.1, 0.15) is 17.3 Å². The third-order valence-electron chi connectivity index (χ3n) is 6.85. The Morgan fingerprint density at radius 2 is 2.08 bits per heavy atom. The number of aliphatic hydroxyl groups excluding tert-OH is 1. The second-order valence-electron chi connectivity index (χ2n) is 9.72. The zero-order valence-electron chi connectivity index (χ0n) is 20.7. The summed E-state index contributed by atoms with van der Waals surface area (Å²) in [4.78, 5) is 22.0. The Morgan fingerprint density at radius 1 is 1.25 bits per heavy atom. The normalized spacial score (nSPS) is 18.3. The number of β-amino-alcohol motifs (C(OH)–C–C–N with tert-alkyl or cyclic N) is 1. The number of pyridine rings is 1. The number of carbonyl (C=O) groups is 1. The first kappa shape index (κ1) is 23.9. The first-order valence-corrected chi connectivity index (χ1v) is 12.3. The van der Waals surface area contributed by atoms with Gasteiger partial charge in [0, 0.05) is 42.5 Å². The number of anilines is 2. The highest BCUT2D eigenvalue weighted by Crippen LogP contribution is 2.25. The average molecular weight is 493 g/mol. The number of aliphatic hydroxyl groups is 1. The van der Waals surface area contributed by atoms with Crippen LogP contribution in [0.25, 0.3) is 11.3 Å². The van der Waals surface area contributed by atoms with Gasteiger partial charge in [0.25, 0.3) is 0 Å². The molecule has 0 bridgehead atoms. The van der Waals surface area contributed by atoms with Crippen LogP contribution in [0.4, 0.5) is 16.4 Å². The third kappa shape index (κ3) is 4.66. The van der Waals surface area contributed by atoms with Crippen LogP contribution >= 0.6 is 0 Å². The van der Waals surface area contributed by atoms with Crippen molar-refractivity contribution in [2.24, 2.45) is 5.92 Å². The summed E-state index contributed by atoms with van der Waals surface area (Å²) in [5.74, 6) is 1.64. The number of aromatic nitrogens is 5. The first-order valence-electron chi connectivity index (χ1n) is 12.3. The fraction of sp³-hybridized carbons (Fsp3) is 0.440. The molecule has 0 unspecified atom stereocenters. The summed E-state index contributed by atoms with van der Waals surface area (Å²) in [6.45, 7) is 7.82. The monoisotopic (exact) mass is 492 g/mol. The van der Waals surface area contributed by atoms with Crippen LogP contribution in [-0.4, -0.2) is 70.9 Å². The summed E-state index contributed by atoms with van der Waals surface area (Å²) in [5, 5.41) is 31.1. The van der Waals surface area contributed by atoms with Gasteiger partial charge in [-0.3, -0.25) is 0 Å². The van der Waals surface area contributed by atoms with Gasteiger partial charge < -0.3 is 30.1 Å². The summed E-state index contributed by atoms with van der Waals surface area (Å²) in [7, 11) is 0. The maximum Gasteiger partial charge on any atom is 0.407 e. The predicted molar refractivity (Wildman–Crippen MR) is 137 cm³/mol. The number of amides is 1. The van der Waals surface area contributed by atoms with E-state index in [9.17, 15) is 15.0 Å². The van der Waals surface area contributed by atoms with E-state index in [-0.39, 0.29) is 18.4 Å². The lowest BCUT2D eigenvalue weighted by molar-refractivity contribution is 0.0294. The maximum absolute atomic E-state index is 11.2. The van der Waals surface area contributed by atoms with Crippen molar-refractivity contribution in [1.29, 1.82) is 0 Å². The summed E-state index contributed by atoms with van der Waals surface area (Å²) in [6, 6.07) is 7.94. The summed E-state index contributed by atoms with van der Waals surface area (Å²) in [5.41, 5.74) is 4.74. The van der Waals surface area contributed by atoms with Crippen molar-refractivity contribution >= 4 is 29.0 Å². The molecule has 190 valence electrons.